The molecule has 5 nitrogen and oxygen atoms in total. The Balaban J connectivity index is 1.74. The van der Waals surface area contributed by atoms with E-state index in [1.807, 2.05) is 30.3 Å². The van der Waals surface area contributed by atoms with Gasteiger partial charge in [0.05, 0.1) is 18.0 Å². The quantitative estimate of drug-likeness (QED) is 0.907. The molecule has 2 heterocycles. The van der Waals surface area contributed by atoms with E-state index in [9.17, 15) is 4.79 Å². The molecule has 1 aromatic heterocycles. The van der Waals surface area contributed by atoms with Gasteiger partial charge in [-0.25, -0.2) is 0 Å². The summed E-state index contributed by atoms with van der Waals surface area (Å²) in [6.07, 6.45) is 1.67. The Hall–Kier alpha value is -2.27. The Morgan fingerprint density at radius 2 is 2.10 bits per heavy atom. The predicted molar refractivity (Wildman–Crippen MR) is 79.2 cm³/mol. The highest BCUT2D eigenvalue weighted by Crippen LogP contribution is 2.31. The van der Waals surface area contributed by atoms with E-state index < -0.39 is 0 Å². The van der Waals surface area contributed by atoms with Gasteiger partial charge >= 0.3 is 0 Å². The monoisotopic (exact) mass is 286 g/mol. The second kappa shape index (κ2) is 5.61. The number of hydrogen-bond acceptors (Lipinski definition) is 4. The smallest absolute Gasteiger partial charge is 0.262 e. The normalized spacial score (nSPS) is 16.6. The average Bonchev–Trinajstić information content (AvgIpc) is 3.00. The molecule has 1 aliphatic rings. The second-order valence-corrected chi connectivity index (χ2v) is 5.22. The van der Waals surface area contributed by atoms with Crippen LogP contribution in [0.15, 0.2) is 41.0 Å². The van der Waals surface area contributed by atoms with Crippen molar-refractivity contribution < 1.29 is 13.9 Å². The third-order valence-corrected chi connectivity index (χ3v) is 3.61. The van der Waals surface area contributed by atoms with Crippen molar-refractivity contribution in [2.75, 3.05) is 11.9 Å². The van der Waals surface area contributed by atoms with E-state index in [0.29, 0.717) is 5.75 Å². The number of furan rings is 1. The summed E-state index contributed by atoms with van der Waals surface area (Å²) in [5, 5.41) is 6.30. The molecule has 1 aromatic carbocycles. The number of carbonyl (C=O) groups excluding carboxylic acids is 1. The van der Waals surface area contributed by atoms with Gasteiger partial charge in [0.1, 0.15) is 11.5 Å². The summed E-state index contributed by atoms with van der Waals surface area (Å²) >= 11 is 0. The molecular weight excluding hydrogens is 268 g/mol. The van der Waals surface area contributed by atoms with Crippen molar-refractivity contribution in [2.45, 2.75) is 25.9 Å². The number of carbonyl (C=O) groups is 1. The molecule has 1 amide bonds. The molecule has 0 fully saturated rings. The maximum absolute atomic E-state index is 11.4. The Labute approximate surface area is 123 Å². The van der Waals surface area contributed by atoms with Crippen molar-refractivity contribution in [1.29, 1.82) is 0 Å². The van der Waals surface area contributed by atoms with E-state index in [-0.39, 0.29) is 24.6 Å². The van der Waals surface area contributed by atoms with E-state index in [1.54, 1.807) is 6.26 Å². The van der Waals surface area contributed by atoms with Gasteiger partial charge in [-0.15, -0.1) is 0 Å². The first-order chi connectivity index (χ1) is 10.1. The molecule has 0 saturated heterocycles. The van der Waals surface area contributed by atoms with Crippen LogP contribution in [0.1, 0.15) is 37.3 Å². The largest absolute Gasteiger partial charge is 0.482 e. The van der Waals surface area contributed by atoms with Gasteiger partial charge < -0.3 is 19.8 Å². The summed E-state index contributed by atoms with van der Waals surface area (Å²) in [5.41, 5.74) is 1.81. The van der Waals surface area contributed by atoms with Crippen LogP contribution < -0.4 is 15.4 Å². The summed E-state index contributed by atoms with van der Waals surface area (Å²) < 4.78 is 10.8. The van der Waals surface area contributed by atoms with Crippen molar-refractivity contribution in [2.24, 2.45) is 0 Å². The maximum Gasteiger partial charge on any atom is 0.262 e. The van der Waals surface area contributed by atoms with Crippen LogP contribution in [0.5, 0.6) is 5.75 Å². The zero-order valence-corrected chi connectivity index (χ0v) is 12.1. The van der Waals surface area contributed by atoms with E-state index in [4.69, 9.17) is 9.15 Å². The van der Waals surface area contributed by atoms with Crippen molar-refractivity contribution >= 4 is 11.6 Å². The van der Waals surface area contributed by atoms with Crippen LogP contribution in [0, 0.1) is 0 Å². The summed E-state index contributed by atoms with van der Waals surface area (Å²) in [6.45, 7) is 4.21. The summed E-state index contributed by atoms with van der Waals surface area (Å²) in [7, 11) is 0. The lowest BCUT2D eigenvalue weighted by Gasteiger charge is -2.22. The third-order valence-electron chi connectivity index (χ3n) is 3.61. The van der Waals surface area contributed by atoms with E-state index in [1.165, 1.54) is 0 Å². The first-order valence-corrected chi connectivity index (χ1v) is 6.99. The van der Waals surface area contributed by atoms with E-state index >= 15 is 0 Å². The summed E-state index contributed by atoms with van der Waals surface area (Å²) in [4.78, 5) is 11.4. The van der Waals surface area contributed by atoms with Crippen LogP contribution in [0.4, 0.5) is 5.69 Å². The molecule has 0 spiro atoms. The average molecular weight is 286 g/mol. The molecule has 110 valence electrons. The van der Waals surface area contributed by atoms with Crippen LogP contribution in [0.3, 0.4) is 0 Å². The molecule has 3 rings (SSSR count). The second-order valence-electron chi connectivity index (χ2n) is 5.22. The topological polar surface area (TPSA) is 63.5 Å². The Kier molecular flexibility index (Phi) is 3.66. The number of anilines is 1. The highest BCUT2D eigenvalue weighted by molar-refractivity contribution is 5.95. The van der Waals surface area contributed by atoms with Crippen LogP contribution >= 0.6 is 0 Å². The predicted octanol–water partition coefficient (Wildman–Crippen LogP) is 3.02. The third kappa shape index (κ3) is 2.92. The number of nitrogens with one attached hydrogen (secondary N) is 2. The number of fused-ring (bicyclic) bond motifs is 1. The van der Waals surface area contributed by atoms with Gasteiger partial charge in [0.25, 0.3) is 5.91 Å². The fraction of sp³-hybridized carbons (Fsp3) is 0.312. The minimum Gasteiger partial charge on any atom is -0.482 e. The molecule has 0 radical (unpaired) electrons. The fourth-order valence-corrected chi connectivity index (χ4v) is 2.46. The Morgan fingerprint density at radius 3 is 2.86 bits per heavy atom. The van der Waals surface area contributed by atoms with Crippen molar-refractivity contribution in [3.05, 3.63) is 47.9 Å². The zero-order valence-electron chi connectivity index (χ0n) is 12.1. The number of hydrogen-bond donors (Lipinski definition) is 2. The standard InChI is InChI=1S/C16H18N2O3/c1-10(17-11(2)14-4-3-7-20-14)12-5-6-15-13(8-12)18-16(19)9-21-15/h3-8,10-11,17H,9H2,1-2H3,(H,18,19)/t10?,11-/m1/s1. The number of rotatable bonds is 4. The van der Waals surface area contributed by atoms with E-state index in [0.717, 1.165) is 17.0 Å². The number of ether oxygens (including phenoxy) is 1. The first-order valence-electron chi connectivity index (χ1n) is 6.99. The van der Waals surface area contributed by atoms with Crippen LogP contribution in [0.25, 0.3) is 0 Å². The minimum absolute atomic E-state index is 0.0790. The van der Waals surface area contributed by atoms with Crippen LogP contribution in [0.2, 0.25) is 0 Å². The highest BCUT2D eigenvalue weighted by Gasteiger charge is 2.18. The van der Waals surface area contributed by atoms with Gasteiger partial charge in [-0.3, -0.25) is 4.79 Å². The molecular formula is C16H18N2O3. The first kappa shape index (κ1) is 13.7. The Morgan fingerprint density at radius 1 is 1.24 bits per heavy atom. The van der Waals surface area contributed by atoms with Crippen molar-refractivity contribution in [3.63, 3.8) is 0 Å². The van der Waals surface area contributed by atoms with E-state index in [2.05, 4.69) is 24.5 Å². The summed E-state index contributed by atoms with van der Waals surface area (Å²) in [5.74, 6) is 1.49. The number of amides is 1. The Bertz CT molecular complexity index is 637. The van der Waals surface area contributed by atoms with Crippen molar-refractivity contribution in [3.8, 4) is 5.75 Å². The van der Waals surface area contributed by atoms with Gasteiger partial charge in [0.2, 0.25) is 0 Å². The molecule has 1 aliphatic heterocycles. The molecule has 1 unspecified atom stereocenters. The van der Waals surface area contributed by atoms with Gasteiger partial charge in [0.15, 0.2) is 6.61 Å². The molecule has 0 bridgehead atoms. The number of benzene rings is 1. The SMILES string of the molecule is CC(N[C@H](C)c1ccco1)c1ccc2c(c1)NC(=O)CO2. The molecule has 2 N–H and O–H groups in total. The fourth-order valence-electron chi connectivity index (χ4n) is 2.46. The van der Waals surface area contributed by atoms with Crippen LogP contribution in [-0.4, -0.2) is 12.5 Å². The lowest BCUT2D eigenvalue weighted by molar-refractivity contribution is -0.118. The molecule has 0 aliphatic carbocycles. The van der Waals surface area contributed by atoms with Crippen LogP contribution in [-0.2, 0) is 4.79 Å². The molecule has 0 saturated carbocycles. The highest BCUT2D eigenvalue weighted by atomic mass is 16.5. The zero-order chi connectivity index (χ0) is 14.8. The lowest BCUT2D eigenvalue weighted by Crippen LogP contribution is -2.26. The minimum atomic E-state index is -0.121. The van der Waals surface area contributed by atoms with Gasteiger partial charge in [0, 0.05) is 6.04 Å². The molecule has 2 atom stereocenters. The molecule has 21 heavy (non-hydrogen) atoms. The van der Waals surface area contributed by atoms with Gasteiger partial charge in [-0.1, -0.05) is 6.07 Å². The maximum atomic E-state index is 11.4. The van der Waals surface area contributed by atoms with Gasteiger partial charge in [-0.2, -0.15) is 0 Å². The summed E-state index contributed by atoms with van der Waals surface area (Å²) in [6, 6.07) is 9.89. The lowest BCUT2D eigenvalue weighted by atomic mass is 10.1. The van der Waals surface area contributed by atoms with Crippen molar-refractivity contribution in [1.82, 2.24) is 5.32 Å². The molecule has 2 aromatic rings. The van der Waals surface area contributed by atoms with Gasteiger partial charge in [-0.05, 0) is 43.7 Å². The molecule has 5 heteroatoms.